The first-order valence-electron chi connectivity index (χ1n) is 7.77. The molecule has 2 aromatic carbocycles. The van der Waals surface area contributed by atoms with E-state index in [0.29, 0.717) is 36.8 Å². The second-order valence-corrected chi connectivity index (χ2v) is 5.36. The molecule has 0 radical (unpaired) electrons. The van der Waals surface area contributed by atoms with E-state index in [-0.39, 0.29) is 10.9 Å². The summed E-state index contributed by atoms with van der Waals surface area (Å²) in [4.78, 5) is 12.4. The second-order valence-electron chi connectivity index (χ2n) is 4.96. The lowest BCUT2D eigenvalue weighted by Gasteiger charge is -2.13. The van der Waals surface area contributed by atoms with Crippen LogP contribution < -0.4 is 15.4 Å². The number of para-hydroxylation sites is 1. The number of carbonyl (C=O) groups excluding carboxylic acids is 1. The van der Waals surface area contributed by atoms with Crippen molar-refractivity contribution in [3.05, 3.63) is 59.9 Å². The molecule has 132 valence electrons. The van der Waals surface area contributed by atoms with Crippen molar-refractivity contribution in [3.63, 3.8) is 0 Å². The van der Waals surface area contributed by atoms with Gasteiger partial charge < -0.3 is 14.8 Å². The Hall–Kier alpha value is -2.51. The molecule has 0 aromatic heterocycles. The summed E-state index contributed by atoms with van der Waals surface area (Å²) >= 11 is 5.11. The Labute approximate surface area is 151 Å². The van der Waals surface area contributed by atoms with E-state index in [2.05, 4.69) is 10.6 Å². The molecule has 0 spiro atoms. The van der Waals surface area contributed by atoms with Crippen molar-refractivity contribution < 1.29 is 18.7 Å². The van der Waals surface area contributed by atoms with E-state index in [0.717, 1.165) is 0 Å². The molecule has 0 aliphatic rings. The van der Waals surface area contributed by atoms with Gasteiger partial charge in [0.05, 0.1) is 12.2 Å². The van der Waals surface area contributed by atoms with Gasteiger partial charge in [0.25, 0.3) is 5.91 Å². The van der Waals surface area contributed by atoms with Crippen LogP contribution >= 0.6 is 12.2 Å². The normalized spacial score (nSPS) is 10.2. The van der Waals surface area contributed by atoms with Crippen molar-refractivity contribution in [3.8, 4) is 5.75 Å². The predicted octanol–water partition coefficient (Wildman–Crippen LogP) is 3.37. The van der Waals surface area contributed by atoms with E-state index in [4.69, 9.17) is 21.7 Å². The van der Waals surface area contributed by atoms with Gasteiger partial charge in [0.15, 0.2) is 5.11 Å². The van der Waals surface area contributed by atoms with Gasteiger partial charge in [-0.15, -0.1) is 0 Å². The minimum Gasteiger partial charge on any atom is -0.490 e. The zero-order valence-corrected chi connectivity index (χ0v) is 14.6. The molecule has 0 bridgehead atoms. The standard InChI is InChI=1S/C18H19FN2O3S/c1-2-23-11-12-24-16-6-4-3-5-15(16)17(22)21-18(25)20-14-9-7-13(19)8-10-14/h3-10H,2,11-12H2,1H3,(H2,20,21,22,25). The van der Waals surface area contributed by atoms with Crippen molar-refractivity contribution in [1.82, 2.24) is 5.32 Å². The Kier molecular flexibility index (Phi) is 7.31. The van der Waals surface area contributed by atoms with Crippen molar-refractivity contribution in [2.75, 3.05) is 25.1 Å². The van der Waals surface area contributed by atoms with Crippen LogP contribution in [0, 0.1) is 5.82 Å². The van der Waals surface area contributed by atoms with Crippen LogP contribution in [0.15, 0.2) is 48.5 Å². The number of ether oxygens (including phenoxy) is 2. The van der Waals surface area contributed by atoms with Crippen LogP contribution in [0.4, 0.5) is 10.1 Å². The SMILES string of the molecule is CCOCCOc1ccccc1C(=O)NC(=S)Nc1ccc(F)cc1. The maximum atomic E-state index is 12.9. The van der Waals surface area contributed by atoms with Crippen LogP contribution in [0.1, 0.15) is 17.3 Å². The molecule has 0 aliphatic carbocycles. The quantitative estimate of drug-likeness (QED) is 0.584. The van der Waals surface area contributed by atoms with E-state index >= 15 is 0 Å². The van der Waals surface area contributed by atoms with Gasteiger partial charge in [-0.05, 0) is 55.5 Å². The molecule has 7 heteroatoms. The van der Waals surface area contributed by atoms with Crippen LogP contribution in [0.25, 0.3) is 0 Å². The van der Waals surface area contributed by atoms with Gasteiger partial charge >= 0.3 is 0 Å². The Balaban J connectivity index is 1.95. The van der Waals surface area contributed by atoms with E-state index in [1.54, 1.807) is 24.3 Å². The van der Waals surface area contributed by atoms with Crippen molar-refractivity contribution in [2.24, 2.45) is 0 Å². The monoisotopic (exact) mass is 362 g/mol. The summed E-state index contributed by atoms with van der Waals surface area (Å²) in [6, 6.07) is 12.5. The van der Waals surface area contributed by atoms with Gasteiger partial charge in [-0.3, -0.25) is 10.1 Å². The summed E-state index contributed by atoms with van der Waals surface area (Å²) in [5.41, 5.74) is 0.940. The Bertz CT molecular complexity index is 723. The molecule has 0 saturated carbocycles. The first kappa shape index (κ1) is 18.8. The van der Waals surface area contributed by atoms with Gasteiger partial charge in [0.1, 0.15) is 18.2 Å². The van der Waals surface area contributed by atoms with Crippen molar-refractivity contribution >= 4 is 28.9 Å². The molecule has 2 aromatic rings. The third kappa shape index (κ3) is 6.13. The number of halogens is 1. The van der Waals surface area contributed by atoms with E-state index in [1.165, 1.54) is 24.3 Å². The van der Waals surface area contributed by atoms with Crippen molar-refractivity contribution in [1.29, 1.82) is 0 Å². The number of amides is 1. The van der Waals surface area contributed by atoms with Gasteiger partial charge in [0, 0.05) is 12.3 Å². The molecular weight excluding hydrogens is 343 g/mol. The summed E-state index contributed by atoms with van der Waals surface area (Å²) in [5, 5.41) is 5.51. The Morgan fingerprint density at radius 3 is 2.56 bits per heavy atom. The van der Waals surface area contributed by atoms with Gasteiger partial charge in [-0.1, -0.05) is 12.1 Å². The fourth-order valence-electron chi connectivity index (χ4n) is 2.00. The molecule has 1 amide bonds. The molecule has 2 rings (SSSR count). The highest BCUT2D eigenvalue weighted by Gasteiger charge is 2.13. The molecule has 0 heterocycles. The van der Waals surface area contributed by atoms with Crippen molar-refractivity contribution in [2.45, 2.75) is 6.92 Å². The zero-order valence-electron chi connectivity index (χ0n) is 13.8. The molecular formula is C18H19FN2O3S. The average molecular weight is 362 g/mol. The Morgan fingerprint density at radius 1 is 1.12 bits per heavy atom. The van der Waals surface area contributed by atoms with Gasteiger partial charge in [-0.2, -0.15) is 0 Å². The lowest BCUT2D eigenvalue weighted by Crippen LogP contribution is -2.34. The fraction of sp³-hybridized carbons (Fsp3) is 0.222. The summed E-state index contributed by atoms with van der Waals surface area (Å²) in [6.45, 7) is 3.29. The van der Waals surface area contributed by atoms with E-state index < -0.39 is 5.91 Å². The van der Waals surface area contributed by atoms with E-state index in [9.17, 15) is 9.18 Å². The number of thiocarbonyl (C=S) groups is 1. The highest BCUT2D eigenvalue weighted by Crippen LogP contribution is 2.18. The molecule has 5 nitrogen and oxygen atoms in total. The number of rotatable bonds is 7. The lowest BCUT2D eigenvalue weighted by atomic mass is 10.2. The molecule has 0 unspecified atom stereocenters. The highest BCUT2D eigenvalue weighted by molar-refractivity contribution is 7.80. The minimum absolute atomic E-state index is 0.112. The fourth-order valence-corrected chi connectivity index (χ4v) is 2.21. The largest absolute Gasteiger partial charge is 0.490 e. The van der Waals surface area contributed by atoms with Crippen LogP contribution in [-0.2, 0) is 4.74 Å². The minimum atomic E-state index is -0.397. The number of hydrogen-bond donors (Lipinski definition) is 2. The third-order valence-corrected chi connectivity index (χ3v) is 3.35. The maximum absolute atomic E-state index is 12.9. The van der Waals surface area contributed by atoms with E-state index in [1.807, 2.05) is 6.92 Å². The smallest absolute Gasteiger partial charge is 0.261 e. The number of anilines is 1. The molecule has 25 heavy (non-hydrogen) atoms. The first-order chi connectivity index (χ1) is 12.1. The molecule has 0 atom stereocenters. The molecule has 0 fully saturated rings. The van der Waals surface area contributed by atoms with Gasteiger partial charge in [-0.25, -0.2) is 4.39 Å². The predicted molar refractivity (Wildman–Crippen MR) is 98.5 cm³/mol. The summed E-state index contributed by atoms with van der Waals surface area (Å²) in [5.74, 6) is -0.297. The third-order valence-electron chi connectivity index (χ3n) is 3.15. The second kappa shape index (κ2) is 9.71. The zero-order chi connectivity index (χ0) is 18.1. The number of hydrogen-bond acceptors (Lipinski definition) is 4. The topological polar surface area (TPSA) is 59.6 Å². The summed E-state index contributed by atoms with van der Waals surface area (Å²) < 4.78 is 23.7. The van der Waals surface area contributed by atoms with Crippen LogP contribution in [0.2, 0.25) is 0 Å². The number of nitrogens with one attached hydrogen (secondary N) is 2. The van der Waals surface area contributed by atoms with Crippen LogP contribution in [0.5, 0.6) is 5.75 Å². The Morgan fingerprint density at radius 2 is 1.84 bits per heavy atom. The number of benzene rings is 2. The lowest BCUT2D eigenvalue weighted by molar-refractivity contribution is 0.0958. The maximum Gasteiger partial charge on any atom is 0.261 e. The van der Waals surface area contributed by atoms with Crippen LogP contribution in [-0.4, -0.2) is 30.8 Å². The number of carbonyl (C=O) groups is 1. The summed E-state index contributed by atoms with van der Waals surface area (Å²) in [6.07, 6.45) is 0. The average Bonchev–Trinajstić information content (AvgIpc) is 2.61. The molecule has 0 saturated heterocycles. The molecule has 2 N–H and O–H groups in total. The highest BCUT2D eigenvalue weighted by atomic mass is 32.1. The summed E-state index contributed by atoms with van der Waals surface area (Å²) in [7, 11) is 0. The van der Waals surface area contributed by atoms with Gasteiger partial charge in [0.2, 0.25) is 0 Å². The first-order valence-corrected chi connectivity index (χ1v) is 8.18. The molecule has 0 aliphatic heterocycles. The van der Waals surface area contributed by atoms with Crippen LogP contribution in [0.3, 0.4) is 0 Å².